The fourth-order valence-electron chi connectivity index (χ4n) is 7.70. The SMILES string of the molecule is CCCCC/C=C\C/C=C\CCCCCCCCCC(=O)OCCCCCCCC/C=C\C/C=C\CCC(=O)NC(COC1OC(CO)C(O)C(O)C1O)C(O)/C=C/CC/C=C/CCCCC. The van der Waals surface area contributed by atoms with Crippen LogP contribution in [0.3, 0.4) is 0 Å². The number of hydrogen-bond acceptors (Lipinski definition) is 10. The second-order valence-corrected chi connectivity index (χ2v) is 18.2. The molecule has 0 aliphatic carbocycles. The maximum atomic E-state index is 12.9. The van der Waals surface area contributed by atoms with E-state index in [9.17, 15) is 35.1 Å². The van der Waals surface area contributed by atoms with Crippen molar-refractivity contribution in [3.63, 3.8) is 0 Å². The molecule has 1 aliphatic heterocycles. The Morgan fingerprint density at radius 3 is 1.60 bits per heavy atom. The highest BCUT2D eigenvalue weighted by Crippen LogP contribution is 2.22. The normalized spacial score (nSPS) is 20.1. The molecule has 1 rings (SSSR count). The third-order valence-electron chi connectivity index (χ3n) is 12.0. The van der Waals surface area contributed by atoms with E-state index in [0.717, 1.165) is 70.6 Å². The number of carbonyl (C=O) groups is 2. The standard InChI is InChI=1S/C56H97NO10/c1-3-5-7-9-11-13-14-15-16-17-18-21-24-28-32-36-40-44-52(61)65-45-41-37-33-29-25-22-19-20-23-27-31-35-39-43-51(60)57-48(49(59)42-38-34-30-26-12-10-8-6-4-2)47-66-56-55(64)54(63)53(62)50(46-58)67-56/h11-13,15-16,20,23,26,31,35,38,42,48-50,53-56,58-59,62-64H,3-10,14,17-19,21-22,24-25,27-30,32-34,36-37,39-41,43-47H2,1-2H3,(H,57,60)/b13-11-,16-15-,23-20-,26-12+,35-31-,42-38+. The molecule has 6 N–H and O–H groups in total. The zero-order valence-corrected chi connectivity index (χ0v) is 42.1. The van der Waals surface area contributed by atoms with Gasteiger partial charge in [0.15, 0.2) is 6.29 Å². The van der Waals surface area contributed by atoms with Gasteiger partial charge in [-0.25, -0.2) is 0 Å². The Morgan fingerprint density at radius 2 is 1.03 bits per heavy atom. The number of hydrogen-bond donors (Lipinski definition) is 6. The maximum absolute atomic E-state index is 12.9. The van der Waals surface area contributed by atoms with Crippen LogP contribution in [0.1, 0.15) is 206 Å². The van der Waals surface area contributed by atoms with Crippen molar-refractivity contribution in [3.05, 3.63) is 72.9 Å². The minimum Gasteiger partial charge on any atom is -0.466 e. The lowest BCUT2D eigenvalue weighted by Crippen LogP contribution is -2.60. The fourth-order valence-corrected chi connectivity index (χ4v) is 7.70. The van der Waals surface area contributed by atoms with Crippen molar-refractivity contribution < 1.29 is 49.3 Å². The van der Waals surface area contributed by atoms with Crippen LogP contribution in [-0.2, 0) is 23.8 Å². The Balaban J connectivity index is 2.15. The molecular formula is C56H97NO10. The molecule has 1 fully saturated rings. The van der Waals surface area contributed by atoms with Crippen molar-refractivity contribution in [3.8, 4) is 0 Å². The third-order valence-corrected chi connectivity index (χ3v) is 12.0. The molecule has 0 spiro atoms. The van der Waals surface area contributed by atoms with Crippen molar-refractivity contribution >= 4 is 11.9 Å². The Kier molecular flexibility index (Phi) is 42.2. The predicted molar refractivity (Wildman–Crippen MR) is 273 cm³/mol. The first-order valence-corrected chi connectivity index (χ1v) is 26.7. The van der Waals surface area contributed by atoms with Crippen LogP contribution in [0.15, 0.2) is 72.9 Å². The van der Waals surface area contributed by atoms with Crippen molar-refractivity contribution in [2.24, 2.45) is 0 Å². The van der Waals surface area contributed by atoms with Crippen LogP contribution in [0.5, 0.6) is 0 Å². The van der Waals surface area contributed by atoms with E-state index in [1.165, 1.54) is 96.3 Å². The van der Waals surface area contributed by atoms with E-state index in [4.69, 9.17) is 14.2 Å². The molecule has 0 saturated carbocycles. The second kappa shape index (κ2) is 45.5. The molecule has 0 aromatic rings. The van der Waals surface area contributed by atoms with E-state index in [2.05, 4.69) is 67.8 Å². The minimum atomic E-state index is -1.59. The van der Waals surface area contributed by atoms with Crippen LogP contribution in [0, 0.1) is 0 Å². The molecular weight excluding hydrogens is 847 g/mol. The van der Waals surface area contributed by atoms with Gasteiger partial charge in [0, 0.05) is 12.8 Å². The van der Waals surface area contributed by atoms with Gasteiger partial charge in [-0.2, -0.15) is 0 Å². The maximum Gasteiger partial charge on any atom is 0.305 e. The van der Waals surface area contributed by atoms with E-state index >= 15 is 0 Å². The van der Waals surface area contributed by atoms with Gasteiger partial charge < -0.3 is 45.1 Å². The van der Waals surface area contributed by atoms with Gasteiger partial charge >= 0.3 is 5.97 Å². The Bertz CT molecular complexity index is 1340. The van der Waals surface area contributed by atoms with Gasteiger partial charge in [0.1, 0.15) is 24.4 Å². The minimum absolute atomic E-state index is 0.0499. The Hall–Kier alpha value is -2.90. The number of allylic oxidation sites excluding steroid dienone is 11. The lowest BCUT2D eigenvalue weighted by molar-refractivity contribution is -0.302. The lowest BCUT2D eigenvalue weighted by Gasteiger charge is -2.40. The summed E-state index contributed by atoms with van der Waals surface area (Å²) in [5, 5.41) is 54.0. The molecule has 11 nitrogen and oxygen atoms in total. The van der Waals surface area contributed by atoms with Crippen molar-refractivity contribution in [1.29, 1.82) is 0 Å². The van der Waals surface area contributed by atoms with Gasteiger partial charge in [-0.3, -0.25) is 9.59 Å². The van der Waals surface area contributed by atoms with Gasteiger partial charge in [-0.15, -0.1) is 0 Å². The average Bonchev–Trinajstić information content (AvgIpc) is 3.32. The largest absolute Gasteiger partial charge is 0.466 e. The average molecular weight is 944 g/mol. The molecule has 1 aliphatic rings. The first kappa shape index (κ1) is 62.1. The Labute approximate surface area is 407 Å². The molecule has 1 saturated heterocycles. The molecule has 11 heteroatoms. The molecule has 0 aromatic carbocycles. The smallest absolute Gasteiger partial charge is 0.305 e. The number of aliphatic hydroxyl groups excluding tert-OH is 5. The van der Waals surface area contributed by atoms with Crippen LogP contribution < -0.4 is 5.32 Å². The number of carbonyl (C=O) groups excluding carboxylic acids is 2. The zero-order chi connectivity index (χ0) is 48.8. The highest BCUT2D eigenvalue weighted by molar-refractivity contribution is 5.76. The van der Waals surface area contributed by atoms with Crippen LogP contribution >= 0.6 is 0 Å². The van der Waals surface area contributed by atoms with Crippen molar-refractivity contribution in [1.82, 2.24) is 5.32 Å². The van der Waals surface area contributed by atoms with E-state index < -0.39 is 49.5 Å². The summed E-state index contributed by atoms with van der Waals surface area (Å²) in [5.41, 5.74) is 0. The monoisotopic (exact) mass is 944 g/mol. The number of aliphatic hydroxyl groups is 5. The van der Waals surface area contributed by atoms with Crippen LogP contribution in [0.4, 0.5) is 0 Å². The number of esters is 1. The molecule has 386 valence electrons. The van der Waals surface area contributed by atoms with E-state index in [-0.39, 0.29) is 24.9 Å². The third kappa shape index (κ3) is 35.8. The van der Waals surface area contributed by atoms with Gasteiger partial charge in [-0.1, -0.05) is 170 Å². The van der Waals surface area contributed by atoms with Crippen LogP contribution in [0.25, 0.3) is 0 Å². The fraction of sp³-hybridized carbons (Fsp3) is 0.750. The molecule has 0 aromatic heterocycles. The molecule has 7 unspecified atom stereocenters. The van der Waals surface area contributed by atoms with Crippen LogP contribution in [0.2, 0.25) is 0 Å². The number of nitrogens with one attached hydrogen (secondary N) is 1. The molecule has 0 bridgehead atoms. The topological polar surface area (TPSA) is 175 Å². The first-order chi connectivity index (χ1) is 32.7. The molecule has 1 heterocycles. The quantitative estimate of drug-likeness (QED) is 0.0196. The first-order valence-electron chi connectivity index (χ1n) is 26.7. The molecule has 1 amide bonds. The molecule has 67 heavy (non-hydrogen) atoms. The molecule has 7 atom stereocenters. The lowest BCUT2D eigenvalue weighted by atomic mass is 9.99. The van der Waals surface area contributed by atoms with Crippen molar-refractivity contribution in [2.45, 2.75) is 249 Å². The van der Waals surface area contributed by atoms with Gasteiger partial charge in [0.25, 0.3) is 0 Å². The zero-order valence-electron chi connectivity index (χ0n) is 42.1. The molecule has 0 radical (unpaired) electrons. The van der Waals surface area contributed by atoms with Gasteiger partial charge in [-0.05, 0) is 96.3 Å². The van der Waals surface area contributed by atoms with Crippen molar-refractivity contribution in [2.75, 3.05) is 19.8 Å². The van der Waals surface area contributed by atoms with E-state index in [1.54, 1.807) is 6.08 Å². The van der Waals surface area contributed by atoms with E-state index in [0.29, 0.717) is 25.9 Å². The summed E-state index contributed by atoms with van der Waals surface area (Å²) in [6.07, 6.45) is 48.7. The Morgan fingerprint density at radius 1 is 0.552 bits per heavy atom. The number of rotatable bonds is 44. The number of unbranched alkanes of at least 4 members (excludes halogenated alkanes) is 20. The number of ether oxygens (including phenoxy) is 3. The summed E-state index contributed by atoms with van der Waals surface area (Å²) in [7, 11) is 0. The summed E-state index contributed by atoms with van der Waals surface area (Å²) in [6, 6.07) is -0.872. The summed E-state index contributed by atoms with van der Waals surface area (Å²) < 4.78 is 16.6. The summed E-state index contributed by atoms with van der Waals surface area (Å²) in [5.74, 6) is -0.328. The summed E-state index contributed by atoms with van der Waals surface area (Å²) in [6.45, 7) is 4.12. The van der Waals surface area contributed by atoms with Gasteiger partial charge in [0.2, 0.25) is 5.91 Å². The van der Waals surface area contributed by atoms with E-state index in [1.807, 2.05) is 18.2 Å². The number of amides is 1. The van der Waals surface area contributed by atoms with Crippen LogP contribution in [-0.4, -0.2) is 100 Å². The predicted octanol–water partition coefficient (Wildman–Crippen LogP) is 11.3. The summed E-state index contributed by atoms with van der Waals surface area (Å²) >= 11 is 0. The highest BCUT2D eigenvalue weighted by atomic mass is 16.7. The highest BCUT2D eigenvalue weighted by Gasteiger charge is 2.44. The second-order valence-electron chi connectivity index (χ2n) is 18.2. The van der Waals surface area contributed by atoms with Gasteiger partial charge in [0.05, 0.1) is 32.0 Å². The summed E-state index contributed by atoms with van der Waals surface area (Å²) in [4.78, 5) is 25.0.